The molecule has 4 fully saturated rings. The van der Waals surface area contributed by atoms with Crippen LogP contribution in [0.2, 0.25) is 0 Å². The number of imidazole rings is 1. The van der Waals surface area contributed by atoms with Crippen molar-refractivity contribution < 1.29 is 14.6 Å². The summed E-state index contributed by atoms with van der Waals surface area (Å²) in [7, 11) is 0. The fourth-order valence-electron chi connectivity index (χ4n) is 7.87. The number of nitrogens with zero attached hydrogens (tertiary/aromatic N) is 6. The lowest BCUT2D eigenvalue weighted by molar-refractivity contribution is -0.139. The minimum atomic E-state index is -0.857. The van der Waals surface area contributed by atoms with Gasteiger partial charge >= 0.3 is 5.97 Å². The number of carboxylic acids is 1. The van der Waals surface area contributed by atoms with Crippen LogP contribution in [0, 0.1) is 17.8 Å². The predicted octanol–water partition coefficient (Wildman–Crippen LogP) is 6.23. The Kier molecular flexibility index (Phi) is 9.06. The summed E-state index contributed by atoms with van der Waals surface area (Å²) in [5.74, 6) is 3.52. The van der Waals surface area contributed by atoms with Crippen LogP contribution in [0.25, 0.3) is 11.2 Å². The molecule has 7 rings (SSSR count). The first-order chi connectivity index (χ1) is 22.3. The van der Waals surface area contributed by atoms with Crippen molar-refractivity contribution in [1.82, 2.24) is 19.5 Å². The Morgan fingerprint density at radius 1 is 1.11 bits per heavy atom. The van der Waals surface area contributed by atoms with E-state index in [0.29, 0.717) is 56.2 Å². The van der Waals surface area contributed by atoms with E-state index in [0.717, 1.165) is 36.3 Å². The van der Waals surface area contributed by atoms with E-state index < -0.39 is 10.7 Å². The molecule has 4 heterocycles. The number of carbonyl (C=O) groups is 1. The molecule has 2 aliphatic carbocycles. The highest BCUT2D eigenvalue weighted by atomic mass is 32.2. The molecule has 2 N–H and O–H groups in total. The summed E-state index contributed by atoms with van der Waals surface area (Å²) in [5, 5.41) is 14.0. The van der Waals surface area contributed by atoms with E-state index in [2.05, 4.69) is 59.0 Å². The molecule has 1 unspecified atom stereocenters. The molecule has 3 aromatic rings. The van der Waals surface area contributed by atoms with Crippen molar-refractivity contribution >= 4 is 46.6 Å². The van der Waals surface area contributed by atoms with Crippen molar-refractivity contribution in [3.05, 3.63) is 35.9 Å². The van der Waals surface area contributed by atoms with Crippen molar-refractivity contribution in [2.75, 3.05) is 54.2 Å². The van der Waals surface area contributed by atoms with E-state index in [1.54, 1.807) is 0 Å². The standard InChI is InChI=1S/C35H49N7O3S/c1-23-12-14-25(15-13-23)20-42-29-30(36-24(2)26-10-7-11-26)37-33(40-17-16-35(22-40,46-3)32(43)44)38-31(29)39-34(42)41-18-19-45-21-28(41)27-8-5-4-6-9-27/h4-6,8-9,23-26,28H,7,10-22H2,1-3H3,(H,43,44)(H,36,37,38)/t23-,24-,25-,28+,35?/m1/s1. The normalized spacial score (nSPS) is 27.9. The van der Waals surface area contributed by atoms with E-state index in [-0.39, 0.29) is 12.1 Å². The molecule has 11 heteroatoms. The quantitative estimate of drug-likeness (QED) is 0.263. The van der Waals surface area contributed by atoms with E-state index in [9.17, 15) is 9.90 Å². The van der Waals surface area contributed by atoms with Crippen LogP contribution in [0.5, 0.6) is 0 Å². The molecule has 46 heavy (non-hydrogen) atoms. The third-order valence-electron chi connectivity index (χ3n) is 11.2. The zero-order chi connectivity index (χ0) is 31.8. The first kappa shape index (κ1) is 31.5. The summed E-state index contributed by atoms with van der Waals surface area (Å²) in [5.41, 5.74) is 2.87. The lowest BCUT2D eigenvalue weighted by Crippen LogP contribution is -2.41. The van der Waals surface area contributed by atoms with Crippen molar-refractivity contribution in [2.24, 2.45) is 17.8 Å². The van der Waals surface area contributed by atoms with Crippen molar-refractivity contribution in [2.45, 2.75) is 88.6 Å². The molecule has 4 aliphatic rings. The maximum Gasteiger partial charge on any atom is 0.321 e. The monoisotopic (exact) mass is 647 g/mol. The van der Waals surface area contributed by atoms with E-state index in [4.69, 9.17) is 19.7 Å². The van der Waals surface area contributed by atoms with Crippen LogP contribution in [0.15, 0.2) is 30.3 Å². The molecule has 2 saturated carbocycles. The third kappa shape index (κ3) is 6.05. The lowest BCUT2D eigenvalue weighted by atomic mass is 9.80. The van der Waals surface area contributed by atoms with Gasteiger partial charge in [-0.25, -0.2) is 0 Å². The second-order valence-corrected chi connectivity index (χ2v) is 15.4. The molecular formula is C35H49N7O3S. The number of hydrogen-bond acceptors (Lipinski definition) is 9. The molecule has 0 bridgehead atoms. The number of aromatic nitrogens is 4. The van der Waals surface area contributed by atoms with Gasteiger partial charge in [-0.3, -0.25) is 4.79 Å². The van der Waals surface area contributed by atoms with Gasteiger partial charge in [0.05, 0.1) is 19.3 Å². The Morgan fingerprint density at radius 3 is 2.57 bits per heavy atom. The molecule has 2 aliphatic heterocycles. The number of morpholine rings is 1. The maximum atomic E-state index is 12.3. The molecule has 2 saturated heterocycles. The Bertz CT molecular complexity index is 1520. The smallest absolute Gasteiger partial charge is 0.321 e. The number of aliphatic carboxylic acids is 1. The molecular weight excluding hydrogens is 598 g/mol. The van der Waals surface area contributed by atoms with Crippen molar-refractivity contribution in [3.8, 4) is 0 Å². The van der Waals surface area contributed by atoms with E-state index in [1.807, 2.05) is 11.2 Å². The summed E-state index contributed by atoms with van der Waals surface area (Å²) in [6.07, 6.45) is 11.1. The van der Waals surface area contributed by atoms with Crippen LogP contribution in [-0.2, 0) is 16.1 Å². The van der Waals surface area contributed by atoms with Gasteiger partial charge in [-0.05, 0) is 68.6 Å². The molecule has 0 radical (unpaired) electrons. The van der Waals surface area contributed by atoms with Gasteiger partial charge in [-0.1, -0.05) is 56.5 Å². The molecule has 2 aromatic heterocycles. The van der Waals surface area contributed by atoms with Gasteiger partial charge in [0, 0.05) is 32.2 Å². The first-order valence-electron chi connectivity index (χ1n) is 17.3. The number of ether oxygens (including phenoxy) is 1. The molecule has 0 spiro atoms. The number of anilines is 3. The summed E-state index contributed by atoms with van der Waals surface area (Å²) >= 11 is 1.41. The van der Waals surface area contributed by atoms with E-state index >= 15 is 0 Å². The number of rotatable bonds is 10. The largest absolute Gasteiger partial charge is 0.480 e. The number of thioether (sulfide) groups is 1. The summed E-state index contributed by atoms with van der Waals surface area (Å²) in [4.78, 5) is 32.5. The van der Waals surface area contributed by atoms with Crippen LogP contribution >= 0.6 is 11.8 Å². The molecule has 3 atom stereocenters. The lowest BCUT2D eigenvalue weighted by Gasteiger charge is -2.37. The molecule has 1 aromatic carbocycles. The summed E-state index contributed by atoms with van der Waals surface area (Å²) in [6, 6.07) is 10.9. The summed E-state index contributed by atoms with van der Waals surface area (Å²) in [6.45, 7) is 8.50. The second-order valence-electron chi connectivity index (χ2n) is 14.2. The van der Waals surface area contributed by atoms with Gasteiger partial charge in [-0.2, -0.15) is 15.0 Å². The summed E-state index contributed by atoms with van der Waals surface area (Å²) < 4.78 is 7.61. The van der Waals surface area contributed by atoms with Crippen LogP contribution in [0.4, 0.5) is 17.7 Å². The van der Waals surface area contributed by atoms with Crippen LogP contribution in [0.1, 0.15) is 76.8 Å². The molecule has 10 nitrogen and oxygen atoms in total. The highest BCUT2D eigenvalue weighted by Gasteiger charge is 2.45. The van der Waals surface area contributed by atoms with Gasteiger partial charge in [0.2, 0.25) is 11.9 Å². The zero-order valence-corrected chi connectivity index (χ0v) is 28.3. The van der Waals surface area contributed by atoms with Crippen LogP contribution in [0.3, 0.4) is 0 Å². The van der Waals surface area contributed by atoms with Gasteiger partial charge in [0.25, 0.3) is 0 Å². The number of nitrogens with one attached hydrogen (secondary N) is 1. The average Bonchev–Trinajstić information content (AvgIpc) is 3.65. The SMILES string of the molecule is CSC1(C(=O)O)CCN(c2nc(N[C@H](C)C3CCC3)c3c(n2)nc(N2CCOC[C@H]2c2ccccc2)n3C[C@H]2CC[C@H](C)CC2)C1. The Morgan fingerprint density at radius 2 is 1.89 bits per heavy atom. The van der Waals surface area contributed by atoms with E-state index in [1.165, 1.54) is 62.3 Å². The number of hydrogen-bond donors (Lipinski definition) is 2. The van der Waals surface area contributed by atoms with Gasteiger partial charge in [0.1, 0.15) is 10.3 Å². The maximum absolute atomic E-state index is 12.3. The second kappa shape index (κ2) is 13.2. The number of carboxylic acid groups (broad SMARTS) is 1. The highest BCUT2D eigenvalue weighted by Crippen LogP contribution is 2.40. The Balaban J connectivity index is 1.35. The molecule has 0 amide bonds. The fraction of sp³-hybridized carbons (Fsp3) is 0.657. The first-order valence-corrected chi connectivity index (χ1v) is 18.6. The predicted molar refractivity (Wildman–Crippen MR) is 185 cm³/mol. The number of benzene rings is 1. The minimum Gasteiger partial charge on any atom is -0.480 e. The zero-order valence-electron chi connectivity index (χ0n) is 27.5. The molecule has 248 valence electrons. The third-order valence-corrected chi connectivity index (χ3v) is 12.5. The Labute approximate surface area is 276 Å². The minimum absolute atomic E-state index is 0.0472. The van der Waals surface area contributed by atoms with Crippen LogP contribution in [-0.4, -0.2) is 80.5 Å². The Hall–Kier alpha value is -3.05. The number of fused-ring (bicyclic) bond motifs is 1. The van der Waals surface area contributed by atoms with Gasteiger partial charge in [-0.15, -0.1) is 11.8 Å². The van der Waals surface area contributed by atoms with Gasteiger partial charge in [0.15, 0.2) is 11.5 Å². The van der Waals surface area contributed by atoms with Gasteiger partial charge < -0.3 is 29.5 Å². The van der Waals surface area contributed by atoms with Crippen LogP contribution < -0.4 is 15.1 Å². The fourth-order valence-corrected chi connectivity index (χ4v) is 8.62. The highest BCUT2D eigenvalue weighted by molar-refractivity contribution is 8.00. The van der Waals surface area contributed by atoms with Crippen molar-refractivity contribution in [1.29, 1.82) is 0 Å². The topological polar surface area (TPSA) is 109 Å². The average molecular weight is 648 g/mol. The van der Waals surface area contributed by atoms with Crippen molar-refractivity contribution in [3.63, 3.8) is 0 Å².